The summed E-state index contributed by atoms with van der Waals surface area (Å²) in [6.45, 7) is 0. The van der Waals surface area contributed by atoms with E-state index < -0.39 is 6.09 Å². The quantitative estimate of drug-likeness (QED) is 0.688. The minimum Gasteiger partial charge on any atom is -0.410 e. The first-order valence-corrected chi connectivity index (χ1v) is 8.71. The fourth-order valence-corrected chi connectivity index (χ4v) is 3.03. The van der Waals surface area contributed by atoms with Gasteiger partial charge in [0.1, 0.15) is 5.75 Å². The molecule has 3 aromatic rings. The smallest absolute Gasteiger partial charge is 0.410 e. The van der Waals surface area contributed by atoms with Crippen LogP contribution in [0.3, 0.4) is 0 Å². The minimum absolute atomic E-state index is 0.157. The van der Waals surface area contributed by atoms with Crippen molar-refractivity contribution in [1.82, 2.24) is 25.5 Å². The Kier molecular flexibility index (Phi) is 5.68. The van der Waals surface area contributed by atoms with Crippen molar-refractivity contribution in [1.29, 1.82) is 0 Å². The maximum absolute atomic E-state index is 11.3. The molecule has 27 heavy (non-hydrogen) atoms. The molecule has 1 heterocycles. The zero-order valence-electron chi connectivity index (χ0n) is 15.2. The number of nitrogens with one attached hydrogen (secondary N) is 2. The number of carbonyl (C=O) groups excluding carboxylic acids is 1. The Morgan fingerprint density at radius 2 is 1.89 bits per heavy atom. The molecule has 0 bridgehead atoms. The van der Waals surface area contributed by atoms with Crippen LogP contribution in [0.15, 0.2) is 48.5 Å². The molecule has 0 unspecified atom stereocenters. The summed E-state index contributed by atoms with van der Waals surface area (Å²) >= 11 is 6.42. The van der Waals surface area contributed by atoms with Gasteiger partial charge in [0.15, 0.2) is 6.04 Å². The van der Waals surface area contributed by atoms with Crippen LogP contribution < -0.4 is 15.0 Å². The molecule has 0 aliphatic heterocycles. The third-order valence-electron chi connectivity index (χ3n) is 4.04. The summed E-state index contributed by atoms with van der Waals surface area (Å²) in [7, 11) is 5.54. The molecule has 1 amide bonds. The van der Waals surface area contributed by atoms with Crippen molar-refractivity contribution in [2.24, 2.45) is 0 Å². The molecular formula is C18H20ClN6O2+. The van der Waals surface area contributed by atoms with Gasteiger partial charge in [0.25, 0.3) is 0 Å². The fourth-order valence-electron chi connectivity index (χ4n) is 2.79. The van der Waals surface area contributed by atoms with Gasteiger partial charge in [-0.15, -0.1) is 5.10 Å². The molecule has 0 spiro atoms. The average Bonchev–Trinajstić information content (AvgIpc) is 3.13. The Morgan fingerprint density at radius 3 is 2.52 bits per heavy atom. The first-order valence-electron chi connectivity index (χ1n) is 8.34. The van der Waals surface area contributed by atoms with Gasteiger partial charge >= 0.3 is 6.09 Å². The van der Waals surface area contributed by atoms with Crippen LogP contribution in [0.1, 0.15) is 17.4 Å². The maximum Gasteiger partial charge on any atom is 0.412 e. The van der Waals surface area contributed by atoms with Gasteiger partial charge in [0.05, 0.1) is 24.8 Å². The van der Waals surface area contributed by atoms with Crippen LogP contribution in [0.5, 0.6) is 5.75 Å². The lowest BCUT2D eigenvalue weighted by Gasteiger charge is -2.21. The van der Waals surface area contributed by atoms with E-state index in [9.17, 15) is 4.79 Å². The number of benzene rings is 2. The number of tetrazole rings is 1. The first-order chi connectivity index (χ1) is 13.0. The Labute approximate surface area is 161 Å². The van der Waals surface area contributed by atoms with Crippen molar-refractivity contribution in [3.8, 4) is 11.4 Å². The maximum atomic E-state index is 11.3. The summed E-state index contributed by atoms with van der Waals surface area (Å²) < 4.78 is 6.76. The molecule has 0 aliphatic rings. The van der Waals surface area contributed by atoms with Gasteiger partial charge in [0, 0.05) is 12.6 Å². The zero-order chi connectivity index (χ0) is 19.4. The van der Waals surface area contributed by atoms with Crippen LogP contribution in [0.4, 0.5) is 4.79 Å². The SMILES string of the molecule is CNC(=O)Oc1ccc(-n2nnnc2[C@H](c2ccccc2Cl)[NH+](C)C)cc1. The highest BCUT2D eigenvalue weighted by atomic mass is 35.5. The molecule has 0 saturated heterocycles. The summed E-state index contributed by atoms with van der Waals surface area (Å²) in [4.78, 5) is 12.4. The van der Waals surface area contributed by atoms with Crippen molar-refractivity contribution >= 4 is 17.7 Å². The average molecular weight is 388 g/mol. The molecule has 1 aromatic heterocycles. The summed E-state index contributed by atoms with van der Waals surface area (Å²) in [6.07, 6.45) is -0.527. The number of amides is 1. The molecular weight excluding hydrogens is 368 g/mol. The zero-order valence-corrected chi connectivity index (χ0v) is 15.9. The highest BCUT2D eigenvalue weighted by Crippen LogP contribution is 2.26. The molecule has 0 fully saturated rings. The van der Waals surface area contributed by atoms with Crippen LogP contribution >= 0.6 is 11.6 Å². The number of hydrogen-bond donors (Lipinski definition) is 2. The number of hydrogen-bond acceptors (Lipinski definition) is 5. The molecule has 8 nitrogen and oxygen atoms in total. The van der Waals surface area contributed by atoms with Crippen LogP contribution in [-0.4, -0.2) is 47.4 Å². The molecule has 1 atom stereocenters. The second kappa shape index (κ2) is 8.15. The van der Waals surface area contributed by atoms with E-state index in [2.05, 4.69) is 20.8 Å². The predicted molar refractivity (Wildman–Crippen MR) is 100 cm³/mol. The van der Waals surface area contributed by atoms with E-state index in [1.54, 1.807) is 28.9 Å². The van der Waals surface area contributed by atoms with Gasteiger partial charge in [-0.25, -0.2) is 4.79 Å². The number of carbonyl (C=O) groups is 1. The number of rotatable bonds is 5. The molecule has 0 saturated carbocycles. The molecule has 0 radical (unpaired) electrons. The van der Waals surface area contributed by atoms with E-state index in [0.717, 1.165) is 16.2 Å². The normalized spacial score (nSPS) is 12.0. The van der Waals surface area contributed by atoms with Crippen molar-refractivity contribution < 1.29 is 14.4 Å². The summed E-state index contributed by atoms with van der Waals surface area (Å²) in [5.41, 5.74) is 1.69. The van der Waals surface area contributed by atoms with Crippen LogP contribution in [0.2, 0.25) is 5.02 Å². The van der Waals surface area contributed by atoms with Gasteiger partial charge < -0.3 is 15.0 Å². The van der Waals surface area contributed by atoms with Crippen LogP contribution in [0.25, 0.3) is 5.69 Å². The van der Waals surface area contributed by atoms with E-state index in [-0.39, 0.29) is 6.04 Å². The van der Waals surface area contributed by atoms with Gasteiger partial charge in [-0.3, -0.25) is 0 Å². The number of quaternary nitrogens is 1. The molecule has 9 heteroatoms. The van der Waals surface area contributed by atoms with Gasteiger partial charge in [-0.05, 0) is 40.8 Å². The molecule has 3 rings (SSSR count). The standard InChI is InChI=1S/C18H19ClN6O2/c1-20-18(26)27-13-10-8-12(9-11-13)25-17(21-22-23-25)16(24(2)3)14-6-4-5-7-15(14)19/h4-11,16H,1-3H3,(H,20,26)/p+1/t16-/m0/s1. The van der Waals surface area contributed by atoms with E-state index >= 15 is 0 Å². The first kappa shape index (κ1) is 18.8. The fraction of sp³-hybridized carbons (Fsp3) is 0.222. The number of ether oxygens (including phenoxy) is 1. The summed E-state index contributed by atoms with van der Waals surface area (Å²) in [6, 6.07) is 14.4. The number of halogens is 1. The molecule has 2 N–H and O–H groups in total. The Balaban J connectivity index is 1.97. The van der Waals surface area contributed by atoms with E-state index in [1.807, 2.05) is 38.4 Å². The van der Waals surface area contributed by atoms with Crippen molar-refractivity contribution in [2.45, 2.75) is 6.04 Å². The highest BCUT2D eigenvalue weighted by molar-refractivity contribution is 6.31. The lowest BCUT2D eigenvalue weighted by Crippen LogP contribution is -3.06. The van der Waals surface area contributed by atoms with E-state index in [1.165, 1.54) is 7.05 Å². The molecule has 0 aliphatic carbocycles. The minimum atomic E-state index is -0.527. The lowest BCUT2D eigenvalue weighted by molar-refractivity contribution is -0.886. The summed E-state index contributed by atoms with van der Waals surface area (Å²) in [5.74, 6) is 1.08. The Morgan fingerprint density at radius 1 is 1.19 bits per heavy atom. The monoisotopic (exact) mass is 387 g/mol. The van der Waals surface area contributed by atoms with Crippen molar-refractivity contribution in [2.75, 3.05) is 21.1 Å². The predicted octanol–water partition coefficient (Wildman–Crippen LogP) is 1.27. The lowest BCUT2D eigenvalue weighted by atomic mass is 10.1. The second-order valence-corrected chi connectivity index (χ2v) is 6.52. The van der Waals surface area contributed by atoms with Crippen LogP contribution in [0, 0.1) is 0 Å². The third-order valence-corrected chi connectivity index (χ3v) is 4.39. The number of aromatic nitrogens is 4. The second-order valence-electron chi connectivity index (χ2n) is 6.11. The van der Waals surface area contributed by atoms with Crippen molar-refractivity contribution in [3.63, 3.8) is 0 Å². The van der Waals surface area contributed by atoms with Crippen molar-refractivity contribution in [3.05, 3.63) is 64.9 Å². The van der Waals surface area contributed by atoms with Gasteiger partial charge in [0.2, 0.25) is 5.82 Å². The highest BCUT2D eigenvalue weighted by Gasteiger charge is 2.29. The van der Waals surface area contributed by atoms with Gasteiger partial charge in [-0.2, -0.15) is 4.68 Å². The molecule has 140 valence electrons. The summed E-state index contributed by atoms with van der Waals surface area (Å²) in [5, 5.41) is 15.3. The van der Waals surface area contributed by atoms with E-state index in [0.29, 0.717) is 16.6 Å². The largest absolute Gasteiger partial charge is 0.412 e. The van der Waals surface area contributed by atoms with E-state index in [4.69, 9.17) is 16.3 Å². The Bertz CT molecular complexity index is 926. The Hall–Kier alpha value is -2.97. The number of nitrogens with zero attached hydrogens (tertiary/aromatic N) is 4. The topological polar surface area (TPSA) is 86.4 Å². The van der Waals surface area contributed by atoms with Gasteiger partial charge in [-0.1, -0.05) is 29.8 Å². The van der Waals surface area contributed by atoms with Crippen LogP contribution in [-0.2, 0) is 0 Å². The molecule has 2 aromatic carbocycles. The third kappa shape index (κ3) is 4.07.